The highest BCUT2D eigenvalue weighted by Crippen LogP contribution is 2.35. The number of aromatic carboxylic acids is 1. The summed E-state index contributed by atoms with van der Waals surface area (Å²) in [5, 5.41) is 9.78. The third-order valence-corrected chi connectivity index (χ3v) is 3.16. The van der Waals surface area contributed by atoms with Crippen LogP contribution in [-0.4, -0.2) is 18.2 Å². The molecule has 3 rings (SSSR count). The summed E-state index contributed by atoms with van der Waals surface area (Å²) >= 11 is 0. The highest BCUT2D eigenvalue weighted by Gasteiger charge is 2.17. The Balaban J connectivity index is 2.28. The van der Waals surface area contributed by atoms with E-state index in [1.807, 2.05) is 30.3 Å². The molecular weight excluding hydrogens is 256 g/mol. The molecular formula is C16H12O4. The molecule has 4 nitrogen and oxygen atoms in total. The minimum Gasteiger partial charge on any atom is -0.493 e. The quantitative estimate of drug-likeness (QED) is 0.784. The summed E-state index contributed by atoms with van der Waals surface area (Å²) in [5.41, 5.74) is 1.54. The van der Waals surface area contributed by atoms with Crippen LogP contribution in [0.1, 0.15) is 10.4 Å². The van der Waals surface area contributed by atoms with Crippen molar-refractivity contribution in [3.8, 4) is 17.1 Å². The lowest BCUT2D eigenvalue weighted by Gasteiger charge is -2.02. The first-order chi connectivity index (χ1) is 9.70. The van der Waals surface area contributed by atoms with Crippen LogP contribution in [0.25, 0.3) is 22.3 Å². The van der Waals surface area contributed by atoms with Crippen LogP contribution in [0.15, 0.2) is 52.9 Å². The van der Waals surface area contributed by atoms with Gasteiger partial charge in [-0.2, -0.15) is 0 Å². The predicted molar refractivity (Wildman–Crippen MR) is 75.2 cm³/mol. The van der Waals surface area contributed by atoms with Crippen LogP contribution in [0.3, 0.4) is 0 Å². The summed E-state index contributed by atoms with van der Waals surface area (Å²) < 4.78 is 11.0. The van der Waals surface area contributed by atoms with Gasteiger partial charge >= 0.3 is 5.97 Å². The molecule has 1 heterocycles. The van der Waals surface area contributed by atoms with Gasteiger partial charge in [-0.15, -0.1) is 0 Å². The van der Waals surface area contributed by atoms with E-state index >= 15 is 0 Å². The first kappa shape index (κ1) is 12.3. The Hall–Kier alpha value is -2.75. The lowest BCUT2D eigenvalue weighted by atomic mass is 10.1. The van der Waals surface area contributed by atoms with Gasteiger partial charge in [0.05, 0.1) is 12.7 Å². The molecule has 4 heteroatoms. The average Bonchev–Trinajstić information content (AvgIpc) is 2.91. The molecule has 0 bridgehead atoms. The highest BCUT2D eigenvalue weighted by atomic mass is 16.5. The number of rotatable bonds is 3. The summed E-state index contributed by atoms with van der Waals surface area (Å²) in [7, 11) is 1.53. The highest BCUT2D eigenvalue weighted by molar-refractivity contribution is 6.05. The average molecular weight is 268 g/mol. The fraction of sp³-hybridized carbons (Fsp3) is 0.0625. The van der Waals surface area contributed by atoms with Gasteiger partial charge in [0.2, 0.25) is 0 Å². The maximum Gasteiger partial charge on any atom is 0.336 e. The van der Waals surface area contributed by atoms with Gasteiger partial charge in [0, 0.05) is 10.9 Å². The number of ether oxygens (including phenoxy) is 1. The van der Waals surface area contributed by atoms with Crippen LogP contribution in [0, 0.1) is 0 Å². The van der Waals surface area contributed by atoms with Gasteiger partial charge in [0.25, 0.3) is 0 Å². The normalized spacial score (nSPS) is 10.7. The second-order valence-corrected chi connectivity index (χ2v) is 4.34. The Morgan fingerprint density at radius 3 is 2.55 bits per heavy atom. The molecule has 0 radical (unpaired) electrons. The zero-order valence-corrected chi connectivity index (χ0v) is 10.8. The van der Waals surface area contributed by atoms with Crippen molar-refractivity contribution < 1.29 is 19.1 Å². The molecule has 1 N–H and O–H groups in total. The smallest absolute Gasteiger partial charge is 0.336 e. The number of carboxylic acid groups (broad SMARTS) is 1. The third-order valence-electron chi connectivity index (χ3n) is 3.16. The number of methoxy groups -OCH3 is 1. The minimum absolute atomic E-state index is 0.201. The van der Waals surface area contributed by atoms with Gasteiger partial charge in [0.15, 0.2) is 11.3 Å². The summed E-state index contributed by atoms with van der Waals surface area (Å²) in [6.07, 6.45) is 0. The molecule has 0 aliphatic carbocycles. The second-order valence-electron chi connectivity index (χ2n) is 4.34. The molecule has 0 amide bonds. The van der Waals surface area contributed by atoms with Gasteiger partial charge in [-0.1, -0.05) is 30.3 Å². The van der Waals surface area contributed by atoms with Crippen LogP contribution in [-0.2, 0) is 0 Å². The van der Waals surface area contributed by atoms with E-state index in [0.29, 0.717) is 22.5 Å². The zero-order valence-electron chi connectivity index (χ0n) is 10.8. The van der Waals surface area contributed by atoms with E-state index in [1.54, 1.807) is 12.1 Å². The number of furan rings is 1. The van der Waals surface area contributed by atoms with Crippen molar-refractivity contribution in [3.63, 3.8) is 0 Å². The van der Waals surface area contributed by atoms with Gasteiger partial charge in [-0.3, -0.25) is 0 Å². The van der Waals surface area contributed by atoms with Crippen LogP contribution in [0.5, 0.6) is 5.75 Å². The van der Waals surface area contributed by atoms with E-state index in [2.05, 4.69) is 0 Å². The fourth-order valence-electron chi connectivity index (χ4n) is 2.19. The fourth-order valence-corrected chi connectivity index (χ4v) is 2.19. The molecule has 20 heavy (non-hydrogen) atoms. The Morgan fingerprint density at radius 1 is 1.15 bits per heavy atom. The van der Waals surface area contributed by atoms with Gasteiger partial charge in [-0.25, -0.2) is 4.79 Å². The number of hydrogen-bond donors (Lipinski definition) is 1. The molecule has 3 aromatic rings. The van der Waals surface area contributed by atoms with Gasteiger partial charge in [0.1, 0.15) is 5.76 Å². The van der Waals surface area contributed by atoms with Crippen LogP contribution >= 0.6 is 0 Å². The molecule has 0 aliphatic rings. The Kier molecular flexibility index (Phi) is 2.91. The van der Waals surface area contributed by atoms with Crippen molar-refractivity contribution in [2.45, 2.75) is 0 Å². The summed E-state index contributed by atoms with van der Waals surface area (Å²) in [6, 6.07) is 14.4. The van der Waals surface area contributed by atoms with E-state index in [-0.39, 0.29) is 5.56 Å². The van der Waals surface area contributed by atoms with Gasteiger partial charge < -0.3 is 14.3 Å². The molecule has 0 atom stereocenters. The summed E-state index contributed by atoms with van der Waals surface area (Å²) in [5.74, 6) is 0.151. The van der Waals surface area contributed by atoms with Crippen molar-refractivity contribution in [2.24, 2.45) is 0 Å². The molecule has 0 fully saturated rings. The topological polar surface area (TPSA) is 59.7 Å². The molecule has 0 saturated carbocycles. The first-order valence-corrected chi connectivity index (χ1v) is 6.10. The molecule has 0 saturated heterocycles. The van der Waals surface area contributed by atoms with Crippen molar-refractivity contribution in [1.82, 2.24) is 0 Å². The molecule has 0 spiro atoms. The standard InChI is InChI=1S/C16H12O4/c1-19-13-8-7-11(16(17)18)12-9-14(20-15(12)13)10-5-3-2-4-6-10/h2-9H,1H3,(H,17,18). The zero-order chi connectivity index (χ0) is 14.1. The Morgan fingerprint density at radius 2 is 1.90 bits per heavy atom. The maximum absolute atomic E-state index is 11.3. The van der Waals surface area contributed by atoms with E-state index in [4.69, 9.17) is 9.15 Å². The van der Waals surface area contributed by atoms with Crippen molar-refractivity contribution in [1.29, 1.82) is 0 Å². The van der Waals surface area contributed by atoms with E-state index < -0.39 is 5.97 Å². The van der Waals surface area contributed by atoms with Crippen LogP contribution in [0.2, 0.25) is 0 Å². The Labute approximate surface area is 115 Å². The second kappa shape index (κ2) is 4.74. The monoisotopic (exact) mass is 268 g/mol. The number of hydrogen-bond acceptors (Lipinski definition) is 3. The lowest BCUT2D eigenvalue weighted by molar-refractivity contribution is 0.0699. The van der Waals surface area contributed by atoms with Crippen molar-refractivity contribution in [2.75, 3.05) is 7.11 Å². The van der Waals surface area contributed by atoms with Crippen LogP contribution < -0.4 is 4.74 Å². The predicted octanol–water partition coefficient (Wildman–Crippen LogP) is 3.81. The summed E-state index contributed by atoms with van der Waals surface area (Å²) in [6.45, 7) is 0. The summed E-state index contributed by atoms with van der Waals surface area (Å²) in [4.78, 5) is 11.3. The molecule has 1 aromatic heterocycles. The van der Waals surface area contributed by atoms with E-state index in [1.165, 1.54) is 13.2 Å². The minimum atomic E-state index is -0.988. The van der Waals surface area contributed by atoms with Gasteiger partial charge in [-0.05, 0) is 18.2 Å². The van der Waals surface area contributed by atoms with Crippen LogP contribution in [0.4, 0.5) is 0 Å². The third kappa shape index (κ3) is 1.91. The number of carboxylic acids is 1. The SMILES string of the molecule is COc1ccc(C(=O)O)c2cc(-c3ccccc3)oc12. The van der Waals surface area contributed by atoms with E-state index in [0.717, 1.165) is 5.56 Å². The number of carbonyl (C=O) groups is 1. The number of benzene rings is 2. The lowest BCUT2D eigenvalue weighted by Crippen LogP contribution is -1.97. The molecule has 0 aliphatic heterocycles. The number of fused-ring (bicyclic) bond motifs is 1. The van der Waals surface area contributed by atoms with Crippen molar-refractivity contribution >= 4 is 16.9 Å². The van der Waals surface area contributed by atoms with E-state index in [9.17, 15) is 9.90 Å². The molecule has 0 unspecified atom stereocenters. The largest absolute Gasteiger partial charge is 0.493 e. The first-order valence-electron chi connectivity index (χ1n) is 6.10. The Bertz CT molecular complexity index is 772. The molecule has 100 valence electrons. The van der Waals surface area contributed by atoms with Crippen molar-refractivity contribution in [3.05, 3.63) is 54.1 Å². The molecule has 2 aromatic carbocycles. The maximum atomic E-state index is 11.3.